The van der Waals surface area contributed by atoms with Gasteiger partial charge in [-0.05, 0) is 25.2 Å². The first kappa shape index (κ1) is 9.91. The van der Waals surface area contributed by atoms with Crippen molar-refractivity contribution < 1.29 is 5.11 Å². The molecule has 0 amide bonds. The molecule has 3 heteroatoms. The molecule has 0 unspecified atom stereocenters. The third kappa shape index (κ3) is 2.98. The number of phenolic OH excluding ortho intramolecular Hbond substituents is 1. The molecule has 0 aliphatic heterocycles. The molecule has 0 aliphatic rings. The van der Waals surface area contributed by atoms with Crippen molar-refractivity contribution >= 4 is 11.6 Å². The van der Waals surface area contributed by atoms with Gasteiger partial charge in [0.05, 0.1) is 11.6 Å². The summed E-state index contributed by atoms with van der Waals surface area (Å²) >= 11 is 5.69. The van der Waals surface area contributed by atoms with E-state index < -0.39 is 0 Å². The molecule has 1 rings (SSSR count). The monoisotopic (exact) mass is 195 g/mol. The van der Waals surface area contributed by atoms with Crippen LogP contribution in [0.5, 0.6) is 5.75 Å². The normalized spacial score (nSPS) is 9.08. The number of nitrogens with one attached hydrogen (secondary N) is 1. The number of benzene rings is 1. The van der Waals surface area contributed by atoms with Crippen LogP contribution in [0.3, 0.4) is 0 Å². The van der Waals surface area contributed by atoms with Crippen LogP contribution in [-0.4, -0.2) is 18.7 Å². The van der Waals surface area contributed by atoms with Gasteiger partial charge >= 0.3 is 0 Å². The van der Waals surface area contributed by atoms with Gasteiger partial charge in [0, 0.05) is 5.56 Å². The Morgan fingerprint density at radius 3 is 2.92 bits per heavy atom. The van der Waals surface area contributed by atoms with Gasteiger partial charge < -0.3 is 10.4 Å². The Morgan fingerprint density at radius 1 is 1.54 bits per heavy atom. The molecule has 0 fully saturated rings. The van der Waals surface area contributed by atoms with Crippen LogP contribution in [0.1, 0.15) is 5.56 Å². The highest BCUT2D eigenvalue weighted by atomic mass is 35.5. The highest BCUT2D eigenvalue weighted by Crippen LogP contribution is 2.22. The van der Waals surface area contributed by atoms with Crippen LogP contribution in [0.15, 0.2) is 18.2 Å². The summed E-state index contributed by atoms with van der Waals surface area (Å²) in [4.78, 5) is 0. The molecule has 2 nitrogen and oxygen atoms in total. The molecule has 0 atom stereocenters. The first-order valence-corrected chi connectivity index (χ1v) is 4.24. The topological polar surface area (TPSA) is 32.3 Å². The van der Waals surface area contributed by atoms with E-state index in [1.165, 1.54) is 6.07 Å². The van der Waals surface area contributed by atoms with Gasteiger partial charge in [0.15, 0.2) is 0 Å². The molecule has 0 heterocycles. The summed E-state index contributed by atoms with van der Waals surface area (Å²) in [6, 6.07) is 4.90. The summed E-state index contributed by atoms with van der Waals surface area (Å²) in [5.74, 6) is 5.89. The van der Waals surface area contributed by atoms with E-state index >= 15 is 0 Å². The van der Waals surface area contributed by atoms with Crippen LogP contribution < -0.4 is 5.32 Å². The molecular weight excluding hydrogens is 186 g/mol. The number of hydrogen-bond acceptors (Lipinski definition) is 2. The lowest BCUT2D eigenvalue weighted by molar-refractivity contribution is 0.475. The molecule has 1 aromatic carbocycles. The van der Waals surface area contributed by atoms with Gasteiger partial charge in [0.2, 0.25) is 0 Å². The summed E-state index contributed by atoms with van der Waals surface area (Å²) in [5.41, 5.74) is 0.804. The van der Waals surface area contributed by atoms with Gasteiger partial charge in [0.25, 0.3) is 0 Å². The number of rotatable bonds is 1. The first-order valence-electron chi connectivity index (χ1n) is 3.86. The molecule has 0 aliphatic carbocycles. The average molecular weight is 196 g/mol. The number of phenols is 1. The summed E-state index contributed by atoms with van der Waals surface area (Å²) < 4.78 is 0. The summed E-state index contributed by atoms with van der Waals surface area (Å²) in [7, 11) is 1.83. The van der Waals surface area contributed by atoms with Crippen molar-refractivity contribution in [3.8, 4) is 17.6 Å². The molecule has 13 heavy (non-hydrogen) atoms. The Morgan fingerprint density at radius 2 is 2.31 bits per heavy atom. The first-order chi connectivity index (χ1) is 6.24. The maximum Gasteiger partial charge on any atom is 0.134 e. The van der Waals surface area contributed by atoms with Crippen LogP contribution in [0, 0.1) is 11.8 Å². The SMILES string of the molecule is CNCC#Cc1ccc(O)c(Cl)c1. The van der Waals surface area contributed by atoms with E-state index in [9.17, 15) is 0 Å². The van der Waals surface area contributed by atoms with E-state index in [-0.39, 0.29) is 5.75 Å². The zero-order valence-electron chi connectivity index (χ0n) is 7.26. The van der Waals surface area contributed by atoms with Crippen molar-refractivity contribution in [2.75, 3.05) is 13.6 Å². The fraction of sp³-hybridized carbons (Fsp3) is 0.200. The molecule has 1 aromatic rings. The number of halogens is 1. The minimum Gasteiger partial charge on any atom is -0.506 e. The number of hydrogen-bond donors (Lipinski definition) is 2. The largest absolute Gasteiger partial charge is 0.506 e. The van der Waals surface area contributed by atoms with Crippen LogP contribution in [0.25, 0.3) is 0 Å². The lowest BCUT2D eigenvalue weighted by Gasteiger charge is -1.95. The summed E-state index contributed by atoms with van der Waals surface area (Å²) in [5, 5.41) is 12.4. The Hall–Kier alpha value is -1.17. The third-order valence-corrected chi connectivity index (χ3v) is 1.75. The molecule has 0 saturated carbocycles. The Labute approximate surface area is 82.5 Å². The van der Waals surface area contributed by atoms with Crippen molar-refractivity contribution in [3.05, 3.63) is 28.8 Å². The van der Waals surface area contributed by atoms with Crippen LogP contribution >= 0.6 is 11.6 Å². The lowest BCUT2D eigenvalue weighted by atomic mass is 10.2. The second kappa shape index (κ2) is 4.76. The van der Waals surface area contributed by atoms with Crippen molar-refractivity contribution in [1.29, 1.82) is 0 Å². The van der Waals surface area contributed by atoms with Crippen molar-refractivity contribution in [2.45, 2.75) is 0 Å². The van der Waals surface area contributed by atoms with E-state index in [1.807, 2.05) is 7.05 Å². The van der Waals surface area contributed by atoms with Crippen molar-refractivity contribution in [1.82, 2.24) is 5.32 Å². The molecule has 68 valence electrons. The molecular formula is C10H10ClNO. The smallest absolute Gasteiger partial charge is 0.134 e. The third-order valence-electron chi connectivity index (χ3n) is 1.45. The predicted molar refractivity (Wildman–Crippen MR) is 53.9 cm³/mol. The molecule has 2 N–H and O–H groups in total. The maximum absolute atomic E-state index is 9.12. The fourth-order valence-electron chi connectivity index (χ4n) is 0.819. The highest BCUT2D eigenvalue weighted by Gasteiger charge is 1.96. The van der Waals surface area contributed by atoms with E-state index in [2.05, 4.69) is 17.2 Å². The van der Waals surface area contributed by atoms with E-state index in [0.29, 0.717) is 11.6 Å². The predicted octanol–water partition coefficient (Wildman–Crippen LogP) is 1.62. The van der Waals surface area contributed by atoms with E-state index in [4.69, 9.17) is 16.7 Å². The average Bonchev–Trinajstić information content (AvgIpc) is 2.12. The van der Waals surface area contributed by atoms with E-state index in [1.54, 1.807) is 12.1 Å². The summed E-state index contributed by atoms with van der Waals surface area (Å²) in [6.45, 7) is 0.637. The Balaban J connectivity index is 2.81. The Bertz CT molecular complexity index is 352. The fourth-order valence-corrected chi connectivity index (χ4v) is 1.000. The minimum absolute atomic E-state index is 0.0841. The molecule has 0 spiro atoms. The van der Waals surface area contributed by atoms with Gasteiger partial charge in [-0.3, -0.25) is 0 Å². The quantitative estimate of drug-likeness (QED) is 0.668. The second-order valence-electron chi connectivity index (χ2n) is 2.50. The molecule has 0 aromatic heterocycles. The zero-order valence-corrected chi connectivity index (χ0v) is 8.02. The lowest BCUT2D eigenvalue weighted by Crippen LogP contribution is -2.04. The maximum atomic E-state index is 9.12. The second-order valence-corrected chi connectivity index (χ2v) is 2.91. The van der Waals surface area contributed by atoms with Gasteiger partial charge in [-0.2, -0.15) is 0 Å². The van der Waals surface area contributed by atoms with Gasteiger partial charge in [0.1, 0.15) is 5.75 Å². The van der Waals surface area contributed by atoms with Gasteiger partial charge in [-0.1, -0.05) is 23.4 Å². The van der Waals surface area contributed by atoms with Gasteiger partial charge in [-0.15, -0.1) is 0 Å². The summed E-state index contributed by atoms with van der Waals surface area (Å²) in [6.07, 6.45) is 0. The van der Waals surface area contributed by atoms with Crippen LogP contribution in [0.4, 0.5) is 0 Å². The van der Waals surface area contributed by atoms with Gasteiger partial charge in [-0.25, -0.2) is 0 Å². The van der Waals surface area contributed by atoms with Crippen LogP contribution in [-0.2, 0) is 0 Å². The van der Waals surface area contributed by atoms with E-state index in [0.717, 1.165) is 5.56 Å². The number of aromatic hydroxyl groups is 1. The zero-order chi connectivity index (χ0) is 9.68. The molecule has 0 bridgehead atoms. The van der Waals surface area contributed by atoms with Crippen LogP contribution in [0.2, 0.25) is 5.02 Å². The standard InChI is InChI=1S/C10H10ClNO/c1-12-6-2-3-8-4-5-10(13)9(11)7-8/h4-5,7,12-13H,6H2,1H3. The van der Waals surface area contributed by atoms with Crippen molar-refractivity contribution in [3.63, 3.8) is 0 Å². The Kier molecular flexibility index (Phi) is 3.63. The highest BCUT2D eigenvalue weighted by molar-refractivity contribution is 6.32. The molecule has 0 radical (unpaired) electrons. The molecule has 0 saturated heterocycles. The van der Waals surface area contributed by atoms with Crippen molar-refractivity contribution in [2.24, 2.45) is 0 Å². The minimum atomic E-state index is 0.0841.